The second kappa shape index (κ2) is 6.59. The minimum atomic E-state index is -3.37. The van der Waals surface area contributed by atoms with Gasteiger partial charge in [-0.25, -0.2) is 8.42 Å². The summed E-state index contributed by atoms with van der Waals surface area (Å²) in [6.45, 7) is 7.52. The van der Waals surface area contributed by atoms with Crippen LogP contribution < -0.4 is 0 Å². The number of fused-ring (bicyclic) bond motifs is 1. The fraction of sp³-hybridized carbons (Fsp3) is 0.524. The molecular formula is C21H26O5S. The summed E-state index contributed by atoms with van der Waals surface area (Å²) in [5.74, 6) is -0.0284. The summed E-state index contributed by atoms with van der Waals surface area (Å²) >= 11 is 0. The van der Waals surface area contributed by atoms with Crippen molar-refractivity contribution in [3.63, 3.8) is 0 Å². The van der Waals surface area contributed by atoms with Crippen LogP contribution in [0.3, 0.4) is 0 Å². The fourth-order valence-corrected chi connectivity index (χ4v) is 6.64. The highest BCUT2D eigenvalue weighted by atomic mass is 32.2. The number of methoxy groups -OCH3 is 1. The molecule has 0 saturated carbocycles. The minimum absolute atomic E-state index is 0.109. The predicted molar refractivity (Wildman–Crippen MR) is 103 cm³/mol. The lowest BCUT2D eigenvalue weighted by molar-refractivity contribution is -0.116. The number of carbonyl (C=O) groups excluding carboxylic acids is 2. The molecule has 0 N–H and O–H groups in total. The van der Waals surface area contributed by atoms with Crippen molar-refractivity contribution >= 4 is 21.4 Å². The summed E-state index contributed by atoms with van der Waals surface area (Å²) in [5.41, 5.74) is 2.07. The number of allylic oxidation sites excluding steroid dienone is 2. The van der Waals surface area contributed by atoms with Gasteiger partial charge in [0.15, 0.2) is 21.4 Å². The van der Waals surface area contributed by atoms with E-state index >= 15 is 0 Å². The molecule has 1 aromatic carbocycles. The molecule has 0 unspecified atom stereocenters. The van der Waals surface area contributed by atoms with Crippen molar-refractivity contribution in [2.45, 2.75) is 63.7 Å². The second-order valence-electron chi connectivity index (χ2n) is 8.13. The van der Waals surface area contributed by atoms with Crippen molar-refractivity contribution < 1.29 is 22.7 Å². The number of sulfone groups is 1. The Labute approximate surface area is 160 Å². The van der Waals surface area contributed by atoms with Gasteiger partial charge in [0.2, 0.25) is 0 Å². The Morgan fingerprint density at radius 3 is 2.48 bits per heavy atom. The fourth-order valence-electron chi connectivity index (χ4n) is 4.37. The molecule has 3 rings (SSSR count). The van der Waals surface area contributed by atoms with Crippen molar-refractivity contribution in [3.8, 4) is 0 Å². The largest absolute Gasteiger partial charge is 0.500 e. The van der Waals surface area contributed by atoms with Crippen LogP contribution in [0.15, 0.2) is 22.3 Å². The lowest BCUT2D eigenvalue weighted by Crippen LogP contribution is -2.33. The van der Waals surface area contributed by atoms with E-state index in [4.69, 9.17) is 4.74 Å². The van der Waals surface area contributed by atoms with Gasteiger partial charge in [0.05, 0.1) is 17.8 Å². The maximum Gasteiger partial charge on any atom is 0.200 e. The quantitative estimate of drug-likeness (QED) is 0.582. The predicted octanol–water partition coefficient (Wildman–Crippen LogP) is 3.59. The molecular weight excluding hydrogens is 364 g/mol. The van der Waals surface area contributed by atoms with Crippen molar-refractivity contribution in [3.05, 3.63) is 39.7 Å². The standard InChI is InChI=1S/C21H26O5S/c1-12-11-14(19(23)17-15(22)7-6-8-16(17)26-5)13(2)18-20(12)27(24,25)10-9-21(18,3)4/h11H,6-10H2,1-5H3. The SMILES string of the molecule is COC1=C(C(=O)c2cc(C)c3c(c2C)C(C)(C)CCS3(=O)=O)C(=O)CCC1. The summed E-state index contributed by atoms with van der Waals surface area (Å²) in [6, 6.07) is 1.62. The van der Waals surface area contributed by atoms with Crippen LogP contribution in [0.4, 0.5) is 0 Å². The number of carbonyl (C=O) groups is 2. The van der Waals surface area contributed by atoms with E-state index in [0.29, 0.717) is 58.6 Å². The Kier molecular flexibility index (Phi) is 4.83. The molecule has 5 nitrogen and oxygen atoms in total. The second-order valence-corrected chi connectivity index (χ2v) is 10.2. The van der Waals surface area contributed by atoms with Gasteiger partial charge in [0, 0.05) is 18.4 Å². The molecule has 0 radical (unpaired) electrons. The van der Waals surface area contributed by atoms with Gasteiger partial charge in [-0.2, -0.15) is 0 Å². The van der Waals surface area contributed by atoms with Crippen molar-refractivity contribution in [2.75, 3.05) is 12.9 Å². The first-order chi connectivity index (χ1) is 12.5. The third-order valence-corrected chi connectivity index (χ3v) is 7.68. The number of benzene rings is 1. The van der Waals surface area contributed by atoms with Crippen LogP contribution in [-0.4, -0.2) is 32.8 Å². The smallest absolute Gasteiger partial charge is 0.200 e. The summed E-state index contributed by atoms with van der Waals surface area (Å²) in [4.78, 5) is 26.1. The maximum absolute atomic E-state index is 13.3. The lowest BCUT2D eigenvalue weighted by atomic mass is 9.76. The van der Waals surface area contributed by atoms with Crippen molar-refractivity contribution in [1.29, 1.82) is 0 Å². The van der Waals surface area contributed by atoms with Gasteiger partial charge in [-0.1, -0.05) is 13.8 Å². The molecule has 1 aliphatic carbocycles. The molecule has 1 aliphatic heterocycles. The zero-order chi connectivity index (χ0) is 20.1. The highest BCUT2D eigenvalue weighted by Gasteiger charge is 2.40. The van der Waals surface area contributed by atoms with E-state index in [0.717, 1.165) is 0 Å². The molecule has 146 valence electrons. The van der Waals surface area contributed by atoms with Crippen LogP contribution in [0, 0.1) is 13.8 Å². The molecule has 0 bridgehead atoms. The van der Waals surface area contributed by atoms with E-state index in [9.17, 15) is 18.0 Å². The van der Waals surface area contributed by atoms with Crippen LogP contribution in [0.1, 0.15) is 66.6 Å². The molecule has 0 fully saturated rings. The average molecular weight is 391 g/mol. The van der Waals surface area contributed by atoms with E-state index < -0.39 is 9.84 Å². The summed E-state index contributed by atoms with van der Waals surface area (Å²) in [7, 11) is -1.90. The van der Waals surface area contributed by atoms with E-state index in [2.05, 4.69) is 0 Å². The Morgan fingerprint density at radius 2 is 1.85 bits per heavy atom. The Hall–Kier alpha value is -1.95. The Morgan fingerprint density at radius 1 is 1.19 bits per heavy atom. The van der Waals surface area contributed by atoms with E-state index in [-0.39, 0.29) is 28.3 Å². The first-order valence-electron chi connectivity index (χ1n) is 9.23. The molecule has 0 saturated heterocycles. The number of aryl methyl sites for hydroxylation is 1. The number of ketones is 2. The van der Waals surface area contributed by atoms with Crippen molar-refractivity contribution in [1.82, 2.24) is 0 Å². The van der Waals surface area contributed by atoms with Crippen LogP contribution >= 0.6 is 0 Å². The molecule has 0 aromatic heterocycles. The van der Waals surface area contributed by atoms with Crippen LogP contribution in [0.2, 0.25) is 0 Å². The molecule has 27 heavy (non-hydrogen) atoms. The van der Waals surface area contributed by atoms with E-state index in [1.165, 1.54) is 7.11 Å². The van der Waals surface area contributed by atoms with Crippen molar-refractivity contribution in [2.24, 2.45) is 0 Å². The highest BCUT2D eigenvalue weighted by molar-refractivity contribution is 7.91. The van der Waals surface area contributed by atoms with Crippen LogP contribution in [0.5, 0.6) is 0 Å². The monoisotopic (exact) mass is 390 g/mol. The van der Waals surface area contributed by atoms with Gasteiger partial charge in [0.1, 0.15) is 11.3 Å². The van der Waals surface area contributed by atoms with Gasteiger partial charge in [-0.15, -0.1) is 0 Å². The zero-order valence-corrected chi connectivity index (χ0v) is 17.4. The number of Topliss-reactive ketones (excluding diaryl/α,β-unsaturated/α-hetero) is 2. The van der Waals surface area contributed by atoms with Crippen LogP contribution in [0.25, 0.3) is 0 Å². The van der Waals surface area contributed by atoms with Gasteiger partial charge < -0.3 is 4.74 Å². The summed E-state index contributed by atoms with van der Waals surface area (Å²) in [5, 5.41) is 0. The topological polar surface area (TPSA) is 77.5 Å². The number of ether oxygens (including phenoxy) is 1. The average Bonchev–Trinajstić information content (AvgIpc) is 2.59. The third kappa shape index (κ3) is 3.14. The first kappa shape index (κ1) is 19.8. The summed E-state index contributed by atoms with van der Waals surface area (Å²) < 4.78 is 30.7. The minimum Gasteiger partial charge on any atom is -0.500 e. The number of hydrogen-bond donors (Lipinski definition) is 0. The highest BCUT2D eigenvalue weighted by Crippen LogP contribution is 2.43. The number of hydrogen-bond acceptors (Lipinski definition) is 5. The first-order valence-corrected chi connectivity index (χ1v) is 10.9. The number of rotatable bonds is 3. The zero-order valence-electron chi connectivity index (χ0n) is 16.6. The lowest BCUT2D eigenvalue weighted by Gasteiger charge is -2.35. The third-order valence-electron chi connectivity index (χ3n) is 5.79. The van der Waals surface area contributed by atoms with Crippen LogP contribution in [-0.2, 0) is 24.8 Å². The molecule has 0 atom stereocenters. The van der Waals surface area contributed by atoms with Gasteiger partial charge in [-0.05, 0) is 54.9 Å². The molecule has 1 aromatic rings. The Bertz CT molecular complexity index is 980. The normalized spacial score (nSPS) is 21.0. The van der Waals surface area contributed by atoms with E-state index in [1.807, 2.05) is 13.8 Å². The van der Waals surface area contributed by atoms with E-state index in [1.54, 1.807) is 19.9 Å². The summed E-state index contributed by atoms with van der Waals surface area (Å²) in [6.07, 6.45) is 2.07. The van der Waals surface area contributed by atoms with Gasteiger partial charge >= 0.3 is 0 Å². The van der Waals surface area contributed by atoms with Gasteiger partial charge in [0.25, 0.3) is 0 Å². The molecule has 6 heteroatoms. The molecule has 0 amide bonds. The van der Waals surface area contributed by atoms with Gasteiger partial charge in [-0.3, -0.25) is 9.59 Å². The maximum atomic E-state index is 13.3. The molecule has 2 aliphatic rings. The Balaban J connectivity index is 2.28. The molecule has 0 spiro atoms. The molecule has 1 heterocycles.